The van der Waals surface area contributed by atoms with Crippen LogP contribution < -0.4 is 0 Å². The number of thiophene rings is 2. The Hall–Kier alpha value is -6.84. The van der Waals surface area contributed by atoms with E-state index in [-0.39, 0.29) is 0 Å². The summed E-state index contributed by atoms with van der Waals surface area (Å²) in [5.41, 5.74) is 24.8. The molecule has 6 aromatic carbocycles. The lowest BCUT2D eigenvalue weighted by atomic mass is 9.96. The van der Waals surface area contributed by atoms with Gasteiger partial charge in [0.15, 0.2) is 0 Å². The Morgan fingerprint density at radius 1 is 0.258 bits per heavy atom. The van der Waals surface area contributed by atoms with E-state index in [1.165, 1.54) is 130 Å². The first kappa shape index (κ1) is 38.1. The molecule has 0 saturated carbocycles. The van der Waals surface area contributed by atoms with Gasteiger partial charge in [0.1, 0.15) is 0 Å². The van der Waals surface area contributed by atoms with E-state index in [9.17, 15) is 0 Å². The second-order valence-corrected chi connectivity index (χ2v) is 18.9. The summed E-state index contributed by atoms with van der Waals surface area (Å²) < 4.78 is 4.98. The molecule has 0 amide bonds. The van der Waals surface area contributed by atoms with Gasteiger partial charge in [-0.3, -0.25) is 0 Å². The van der Waals surface area contributed by atoms with Crippen molar-refractivity contribution >= 4 is 41.5 Å². The SMILES string of the molecule is Cc1ccc(-c2c3cc(c(-c4ccc(C)cc4)c4ccc(s4)c(-c4ccc(C)cc4)c4cc(c(-c5ccc(C)cc5)c5ccc2s5)-c2cc[cH+]ccc2-4)-c2cc[cH+]ccc2-3)cc1. The fourth-order valence-corrected chi connectivity index (χ4v) is 11.6. The molecule has 0 atom stereocenters. The summed E-state index contributed by atoms with van der Waals surface area (Å²) in [6, 6.07) is 73.4. The number of hydrogen-bond acceptors (Lipinski definition) is 2. The van der Waals surface area contributed by atoms with Gasteiger partial charge in [-0.25, -0.2) is 0 Å². The minimum Gasteiger partial charge on any atom is -0.135 e. The van der Waals surface area contributed by atoms with Crippen molar-refractivity contribution in [3.05, 3.63) is 216 Å². The molecule has 0 nitrogen and oxygen atoms in total. The Morgan fingerprint density at radius 3 is 0.710 bits per heavy atom. The highest BCUT2D eigenvalue weighted by Gasteiger charge is 2.28. The number of aryl methyl sites for hydroxylation is 4. The third-order valence-corrected chi connectivity index (χ3v) is 14.7. The Balaban J connectivity index is 1.42. The van der Waals surface area contributed by atoms with Crippen LogP contribution in [0.25, 0.3) is 108 Å². The average Bonchev–Trinajstić information content (AvgIpc) is 4.02. The third-order valence-electron chi connectivity index (χ3n) is 12.5. The molecule has 3 aromatic heterocycles. The summed E-state index contributed by atoms with van der Waals surface area (Å²) >= 11 is 3.80. The van der Waals surface area contributed by atoms with Gasteiger partial charge in [-0.15, -0.1) is 22.7 Å². The minimum atomic E-state index is 1.22. The fourth-order valence-electron chi connectivity index (χ4n) is 9.28. The molecule has 0 saturated heterocycles. The van der Waals surface area contributed by atoms with Crippen molar-refractivity contribution in [2.45, 2.75) is 27.7 Å². The van der Waals surface area contributed by atoms with E-state index in [2.05, 4.69) is 222 Å². The molecule has 0 aliphatic heterocycles. The Bertz CT molecular complexity index is 2950. The number of hydrogen-bond donors (Lipinski definition) is 0. The standard InChI is InChI=1S/C60H44S2/c1-37-15-23-41(24-16-37)57-49-35-50(46-12-8-5-7-11-45(46)49)58(42-25-17-38(2)18-26-42)55-33-34-56(62-55)60(44-29-21-40(4)22-30-44)52-36-51(47-13-9-6-10-14-48(47)52)59(54-32-31-53(57)61-54)43-27-19-39(3)20-28-43/h5-36H,1-4H3/q+2. The van der Waals surface area contributed by atoms with Crippen LogP contribution in [-0.4, -0.2) is 0 Å². The van der Waals surface area contributed by atoms with E-state index >= 15 is 0 Å². The van der Waals surface area contributed by atoms with Gasteiger partial charge in [-0.1, -0.05) is 119 Å². The van der Waals surface area contributed by atoms with Crippen LogP contribution in [0.5, 0.6) is 0 Å². The summed E-state index contributed by atoms with van der Waals surface area (Å²) in [5.74, 6) is 0. The molecule has 0 fully saturated rings. The van der Waals surface area contributed by atoms with Gasteiger partial charge in [0.05, 0.1) is 22.3 Å². The van der Waals surface area contributed by atoms with Crippen LogP contribution in [0.2, 0.25) is 0 Å². The molecule has 294 valence electrons. The second-order valence-electron chi connectivity index (χ2n) is 16.7. The number of benzene rings is 4. The van der Waals surface area contributed by atoms with Crippen LogP contribution in [0.15, 0.2) is 194 Å². The molecular formula is C60H44S2+2. The zero-order valence-corrected chi connectivity index (χ0v) is 36.9. The molecule has 9 aromatic rings. The van der Waals surface area contributed by atoms with Gasteiger partial charge >= 0.3 is 0 Å². The Morgan fingerprint density at radius 2 is 0.484 bits per heavy atom. The number of fused-ring (bicyclic) bond motifs is 14. The molecule has 2 aliphatic rings. The molecule has 0 N–H and O–H groups in total. The summed E-state index contributed by atoms with van der Waals surface area (Å²) in [7, 11) is 0. The predicted octanol–water partition coefficient (Wildman–Crippen LogP) is 18.1. The fraction of sp³-hybridized carbons (Fsp3) is 0.0667. The molecule has 0 spiro atoms. The first-order valence-corrected chi connectivity index (χ1v) is 23.0. The summed E-state index contributed by atoms with van der Waals surface area (Å²) in [6.45, 7) is 8.70. The van der Waals surface area contributed by atoms with E-state index in [0.29, 0.717) is 0 Å². The van der Waals surface area contributed by atoms with Crippen molar-refractivity contribution in [2.24, 2.45) is 0 Å². The molecule has 3 heterocycles. The van der Waals surface area contributed by atoms with E-state index in [1.807, 2.05) is 22.7 Å². The maximum Gasteiger partial charge on any atom is 0.0585 e. The van der Waals surface area contributed by atoms with Gasteiger partial charge in [-0.05, 0) is 86.3 Å². The van der Waals surface area contributed by atoms with Gasteiger partial charge in [-0.2, -0.15) is 0 Å². The third kappa shape index (κ3) is 6.68. The van der Waals surface area contributed by atoms with Crippen LogP contribution in [0.4, 0.5) is 0 Å². The smallest absolute Gasteiger partial charge is 0.0585 e. The minimum absolute atomic E-state index is 1.22. The molecule has 8 bridgehead atoms. The lowest BCUT2D eigenvalue weighted by molar-refractivity contribution is 1.47. The maximum atomic E-state index is 2.49. The maximum absolute atomic E-state index is 2.49. The van der Waals surface area contributed by atoms with Gasteiger partial charge in [0, 0.05) is 124 Å². The zero-order valence-electron chi connectivity index (χ0n) is 35.3. The van der Waals surface area contributed by atoms with Gasteiger partial charge in [0.25, 0.3) is 0 Å². The van der Waals surface area contributed by atoms with Crippen molar-refractivity contribution in [3.63, 3.8) is 0 Å². The van der Waals surface area contributed by atoms with Crippen LogP contribution in [0.1, 0.15) is 22.3 Å². The zero-order chi connectivity index (χ0) is 41.9. The largest absolute Gasteiger partial charge is 0.135 e. The Kier molecular flexibility index (Phi) is 9.57. The van der Waals surface area contributed by atoms with E-state index in [0.717, 1.165) is 0 Å². The quantitative estimate of drug-likeness (QED) is 0.155. The predicted molar refractivity (Wildman–Crippen MR) is 271 cm³/mol. The van der Waals surface area contributed by atoms with E-state index in [1.54, 1.807) is 0 Å². The van der Waals surface area contributed by atoms with Crippen LogP contribution in [0.3, 0.4) is 0 Å². The first-order valence-electron chi connectivity index (χ1n) is 21.4. The highest BCUT2D eigenvalue weighted by Crippen LogP contribution is 2.53. The normalized spacial score (nSPS) is 11.5. The molecule has 0 radical (unpaired) electrons. The van der Waals surface area contributed by atoms with Crippen LogP contribution >= 0.6 is 22.7 Å². The molecular weight excluding hydrogens is 785 g/mol. The average molecular weight is 829 g/mol. The summed E-state index contributed by atoms with van der Waals surface area (Å²) in [4.78, 5) is 0. The molecule has 62 heavy (non-hydrogen) atoms. The molecule has 11 rings (SSSR count). The molecule has 2 heteroatoms. The summed E-state index contributed by atoms with van der Waals surface area (Å²) in [6.07, 6.45) is 0. The molecule has 0 unspecified atom stereocenters. The topological polar surface area (TPSA) is 0 Å². The van der Waals surface area contributed by atoms with Gasteiger partial charge < -0.3 is 0 Å². The van der Waals surface area contributed by atoms with Crippen LogP contribution in [0, 0.1) is 27.7 Å². The van der Waals surface area contributed by atoms with Crippen molar-refractivity contribution < 1.29 is 0 Å². The highest BCUT2D eigenvalue weighted by atomic mass is 32.1. The van der Waals surface area contributed by atoms with Crippen LogP contribution in [-0.2, 0) is 0 Å². The number of rotatable bonds is 4. The monoisotopic (exact) mass is 828 g/mol. The van der Waals surface area contributed by atoms with Crippen molar-refractivity contribution in [2.75, 3.05) is 0 Å². The lowest BCUT2D eigenvalue weighted by Gasteiger charge is -2.08. The summed E-state index contributed by atoms with van der Waals surface area (Å²) in [5, 5.41) is 0. The Labute approximate surface area is 372 Å². The van der Waals surface area contributed by atoms with Gasteiger partial charge in [0.2, 0.25) is 0 Å². The van der Waals surface area contributed by atoms with Crippen molar-refractivity contribution in [1.82, 2.24) is 0 Å². The lowest BCUT2D eigenvalue weighted by Crippen LogP contribution is -1.82. The highest BCUT2D eigenvalue weighted by molar-refractivity contribution is 7.25. The second kappa shape index (κ2) is 15.6. The van der Waals surface area contributed by atoms with E-state index in [4.69, 9.17) is 0 Å². The van der Waals surface area contributed by atoms with E-state index < -0.39 is 0 Å². The van der Waals surface area contributed by atoms with Crippen molar-refractivity contribution in [1.29, 1.82) is 0 Å². The first-order chi connectivity index (χ1) is 30.4. The van der Waals surface area contributed by atoms with Crippen molar-refractivity contribution in [3.8, 4) is 89.0 Å². The molecule has 2 aliphatic carbocycles.